The van der Waals surface area contributed by atoms with Crippen LogP contribution in [0, 0.1) is 23.2 Å². The van der Waals surface area contributed by atoms with Crippen molar-refractivity contribution in [3.63, 3.8) is 0 Å². The molecule has 5 rings (SSSR count). The van der Waals surface area contributed by atoms with Crippen molar-refractivity contribution >= 4 is 0 Å². The summed E-state index contributed by atoms with van der Waals surface area (Å²) in [4.78, 5) is 2.75. The lowest BCUT2D eigenvalue weighted by molar-refractivity contribution is -0.100. The van der Waals surface area contributed by atoms with E-state index in [4.69, 9.17) is 0 Å². The zero-order valence-corrected chi connectivity index (χ0v) is 10.7. The summed E-state index contributed by atoms with van der Waals surface area (Å²) < 4.78 is 0. The van der Waals surface area contributed by atoms with Crippen LogP contribution in [-0.2, 0) is 0 Å². The monoisotopic (exact) mass is 233 g/mol. The predicted molar refractivity (Wildman–Crippen MR) is 65.5 cm³/mol. The van der Waals surface area contributed by atoms with Crippen LogP contribution in [0.4, 0.5) is 0 Å². The molecule has 3 unspecified atom stereocenters. The lowest BCUT2D eigenvalue weighted by Crippen LogP contribution is -2.66. The fraction of sp³-hybridized carbons (Fsp3) is 1.00. The van der Waals surface area contributed by atoms with E-state index in [0.29, 0.717) is 17.5 Å². The molecule has 0 aromatic heterocycles. The number of hydrogen-bond donors (Lipinski definition) is 1. The topological polar surface area (TPSA) is 23.5 Å². The van der Waals surface area contributed by atoms with Crippen LogP contribution in [0.2, 0.25) is 0 Å². The van der Waals surface area contributed by atoms with Crippen molar-refractivity contribution in [2.24, 2.45) is 23.2 Å². The third kappa shape index (κ3) is 0.920. The molecule has 0 radical (unpaired) electrons. The van der Waals surface area contributed by atoms with Gasteiger partial charge in [-0.15, -0.1) is 0 Å². The summed E-state index contributed by atoms with van der Waals surface area (Å²) >= 11 is 0. The summed E-state index contributed by atoms with van der Waals surface area (Å²) in [5.41, 5.74) is 1.32. The highest BCUT2D eigenvalue weighted by atomic mass is 16.3. The van der Waals surface area contributed by atoms with Crippen LogP contribution in [0.5, 0.6) is 0 Å². The van der Waals surface area contributed by atoms with E-state index in [0.717, 1.165) is 17.3 Å². The quantitative estimate of drug-likeness (QED) is 0.789. The van der Waals surface area contributed by atoms with Gasteiger partial charge in [0.25, 0.3) is 0 Å². The van der Waals surface area contributed by atoms with E-state index in [1.54, 1.807) is 0 Å². The van der Waals surface area contributed by atoms with Gasteiger partial charge in [-0.2, -0.15) is 0 Å². The van der Waals surface area contributed by atoms with Gasteiger partial charge in [-0.3, -0.25) is 4.90 Å². The number of nitrogens with zero attached hydrogens (tertiary/aromatic N) is 1. The van der Waals surface area contributed by atoms with Crippen molar-refractivity contribution in [2.45, 2.75) is 63.1 Å². The minimum Gasteiger partial charge on any atom is -0.391 e. The summed E-state index contributed by atoms with van der Waals surface area (Å²) in [6, 6.07) is 0.546. The molecule has 2 spiro atoms. The minimum absolute atomic E-state index is 0.0219. The molecule has 1 aliphatic heterocycles. The normalized spacial score (nSPS) is 61.4. The molecule has 0 aromatic rings. The van der Waals surface area contributed by atoms with Crippen molar-refractivity contribution in [3.05, 3.63) is 0 Å². The van der Waals surface area contributed by atoms with Crippen LogP contribution in [0.15, 0.2) is 0 Å². The first-order valence-corrected chi connectivity index (χ1v) is 7.67. The highest BCUT2D eigenvalue weighted by Gasteiger charge is 2.81. The van der Waals surface area contributed by atoms with E-state index in [1.807, 2.05) is 0 Å². The summed E-state index contributed by atoms with van der Waals surface area (Å²) in [6.07, 6.45) is 8.39. The van der Waals surface area contributed by atoms with Crippen molar-refractivity contribution in [1.82, 2.24) is 4.90 Å². The van der Waals surface area contributed by atoms with Gasteiger partial charge in [0.2, 0.25) is 0 Å². The SMILES string of the molecule is CCC1CC12CN([C@H]1C[C@@H]3C[C@@H]3C1O)C21CC1. The number of hydrogen-bond acceptors (Lipinski definition) is 2. The predicted octanol–water partition coefficient (Wildman–Crippen LogP) is 2.02. The van der Waals surface area contributed by atoms with E-state index in [2.05, 4.69) is 11.8 Å². The number of aliphatic hydroxyl groups is 1. The summed E-state index contributed by atoms with van der Waals surface area (Å²) in [5, 5.41) is 10.4. The van der Waals surface area contributed by atoms with E-state index >= 15 is 0 Å². The first-order chi connectivity index (χ1) is 8.22. The van der Waals surface area contributed by atoms with Gasteiger partial charge < -0.3 is 5.11 Å². The highest BCUT2D eigenvalue weighted by Crippen LogP contribution is 2.78. The molecule has 94 valence electrons. The molecule has 6 atom stereocenters. The van der Waals surface area contributed by atoms with Crippen molar-refractivity contribution < 1.29 is 5.11 Å². The van der Waals surface area contributed by atoms with Gasteiger partial charge in [0.05, 0.1) is 6.10 Å². The van der Waals surface area contributed by atoms with Crippen molar-refractivity contribution in [2.75, 3.05) is 6.54 Å². The highest BCUT2D eigenvalue weighted by molar-refractivity contribution is 5.34. The second-order valence-corrected chi connectivity index (χ2v) is 7.58. The Morgan fingerprint density at radius 1 is 1.29 bits per heavy atom. The molecule has 17 heavy (non-hydrogen) atoms. The number of rotatable bonds is 2. The van der Waals surface area contributed by atoms with Gasteiger partial charge in [-0.05, 0) is 49.9 Å². The molecule has 1 N–H and O–H groups in total. The van der Waals surface area contributed by atoms with E-state index in [9.17, 15) is 5.11 Å². The van der Waals surface area contributed by atoms with E-state index in [1.165, 1.54) is 45.1 Å². The molecule has 5 fully saturated rings. The molecule has 1 saturated heterocycles. The molecule has 4 saturated carbocycles. The summed E-state index contributed by atoms with van der Waals surface area (Å²) in [7, 11) is 0. The Labute approximate surface area is 103 Å². The Bertz CT molecular complexity index is 390. The molecule has 1 heterocycles. The van der Waals surface area contributed by atoms with Gasteiger partial charge >= 0.3 is 0 Å². The number of fused-ring (bicyclic) bond motifs is 2. The van der Waals surface area contributed by atoms with Gasteiger partial charge in [0, 0.05) is 23.5 Å². The molecular formula is C15H23NO. The molecule has 0 aromatic carbocycles. The molecule has 0 bridgehead atoms. The maximum Gasteiger partial charge on any atom is 0.0726 e. The molecule has 0 amide bonds. The fourth-order valence-electron chi connectivity index (χ4n) is 5.82. The zero-order chi connectivity index (χ0) is 11.4. The second-order valence-electron chi connectivity index (χ2n) is 7.58. The van der Waals surface area contributed by atoms with Gasteiger partial charge in [-0.1, -0.05) is 13.3 Å². The zero-order valence-electron chi connectivity index (χ0n) is 10.7. The van der Waals surface area contributed by atoms with Crippen LogP contribution in [0.25, 0.3) is 0 Å². The van der Waals surface area contributed by atoms with Crippen LogP contribution in [0.1, 0.15) is 45.4 Å². The Balaban J connectivity index is 1.39. The third-order valence-corrected chi connectivity index (χ3v) is 7.13. The minimum atomic E-state index is 0.0219. The van der Waals surface area contributed by atoms with Gasteiger partial charge in [-0.25, -0.2) is 0 Å². The van der Waals surface area contributed by atoms with Crippen molar-refractivity contribution in [1.29, 1.82) is 0 Å². The average molecular weight is 233 g/mol. The molecule has 5 aliphatic rings. The fourth-order valence-corrected chi connectivity index (χ4v) is 5.82. The number of likely N-dealkylation sites (tertiary alicyclic amines) is 1. The largest absolute Gasteiger partial charge is 0.391 e. The molecule has 2 heteroatoms. The van der Waals surface area contributed by atoms with E-state index in [-0.39, 0.29) is 6.10 Å². The molecular weight excluding hydrogens is 210 g/mol. The van der Waals surface area contributed by atoms with Crippen LogP contribution < -0.4 is 0 Å². The Kier molecular flexibility index (Phi) is 1.50. The Morgan fingerprint density at radius 2 is 2.12 bits per heavy atom. The lowest BCUT2D eigenvalue weighted by atomic mass is 9.77. The van der Waals surface area contributed by atoms with E-state index < -0.39 is 0 Å². The lowest BCUT2D eigenvalue weighted by Gasteiger charge is -2.55. The number of aliphatic hydroxyl groups excluding tert-OH is 1. The maximum absolute atomic E-state index is 10.4. The Morgan fingerprint density at radius 3 is 2.65 bits per heavy atom. The van der Waals surface area contributed by atoms with Crippen LogP contribution in [-0.4, -0.2) is 34.2 Å². The maximum atomic E-state index is 10.4. The smallest absolute Gasteiger partial charge is 0.0726 e. The average Bonchev–Trinajstić information content (AvgIpc) is 3.23. The second kappa shape index (κ2) is 2.60. The molecule has 2 nitrogen and oxygen atoms in total. The standard InChI is InChI=1S/C15H23NO/c1-2-10-7-14(10)8-16(15(14)3-4-15)12-6-9-5-11(9)13(12)17/h9-13,17H,2-8H2,1H3/t9-,10?,11-,12-,13?,14?/m0/s1. The van der Waals surface area contributed by atoms with Gasteiger partial charge in [0.1, 0.15) is 0 Å². The molecule has 4 aliphatic carbocycles. The van der Waals surface area contributed by atoms with Crippen molar-refractivity contribution in [3.8, 4) is 0 Å². The third-order valence-electron chi connectivity index (χ3n) is 7.13. The van der Waals surface area contributed by atoms with Crippen LogP contribution >= 0.6 is 0 Å². The first kappa shape index (κ1) is 9.80. The van der Waals surface area contributed by atoms with Gasteiger partial charge in [0.15, 0.2) is 0 Å². The summed E-state index contributed by atoms with van der Waals surface area (Å²) in [5.74, 6) is 2.60. The first-order valence-electron chi connectivity index (χ1n) is 7.67. The van der Waals surface area contributed by atoms with Crippen LogP contribution in [0.3, 0.4) is 0 Å². The Hall–Kier alpha value is -0.0800. The summed E-state index contributed by atoms with van der Waals surface area (Å²) in [6.45, 7) is 3.68.